The molecule has 1 unspecified atom stereocenters. The van der Waals surface area contributed by atoms with E-state index in [9.17, 15) is 4.79 Å². The van der Waals surface area contributed by atoms with Crippen LogP contribution in [0.1, 0.15) is 29.4 Å². The van der Waals surface area contributed by atoms with Crippen LogP contribution in [0.15, 0.2) is 34.9 Å². The average molecular weight is 337 g/mol. The lowest BCUT2D eigenvalue weighted by atomic mass is 10.0. The number of halogens is 1. The highest BCUT2D eigenvalue weighted by Gasteiger charge is 2.12. The van der Waals surface area contributed by atoms with Gasteiger partial charge in [0.25, 0.3) is 5.91 Å². The summed E-state index contributed by atoms with van der Waals surface area (Å²) in [5, 5.41) is 4.20. The zero-order valence-corrected chi connectivity index (χ0v) is 12.8. The van der Waals surface area contributed by atoms with Crippen molar-refractivity contribution in [1.82, 2.24) is 9.78 Å². The monoisotopic (exact) mass is 336 g/mol. The second-order valence-electron chi connectivity index (χ2n) is 4.66. The maximum Gasteiger partial charge on any atom is 0.269 e. The van der Waals surface area contributed by atoms with E-state index in [1.165, 1.54) is 0 Å². The van der Waals surface area contributed by atoms with Crippen LogP contribution in [0, 0.1) is 0 Å². The van der Waals surface area contributed by atoms with Gasteiger partial charge in [-0.25, -0.2) is 4.68 Å². The third-order valence-electron chi connectivity index (χ3n) is 3.14. The molecule has 1 aromatic carbocycles. The SMILES string of the molecule is CCC(N)Cc1ccc(Br)cc1-n1ccc(C(N)=O)n1. The molecule has 0 aliphatic rings. The lowest BCUT2D eigenvalue weighted by Crippen LogP contribution is -2.22. The number of hydrogen-bond donors (Lipinski definition) is 2. The molecule has 0 saturated heterocycles. The largest absolute Gasteiger partial charge is 0.364 e. The number of nitrogens with zero attached hydrogens (tertiary/aromatic N) is 2. The molecule has 2 aromatic rings. The van der Waals surface area contributed by atoms with E-state index in [0.29, 0.717) is 0 Å². The van der Waals surface area contributed by atoms with E-state index < -0.39 is 5.91 Å². The molecule has 106 valence electrons. The fourth-order valence-electron chi connectivity index (χ4n) is 1.94. The number of hydrogen-bond acceptors (Lipinski definition) is 3. The van der Waals surface area contributed by atoms with E-state index in [2.05, 4.69) is 28.0 Å². The Morgan fingerprint density at radius 1 is 1.45 bits per heavy atom. The van der Waals surface area contributed by atoms with Crippen molar-refractivity contribution in [2.45, 2.75) is 25.8 Å². The first kappa shape index (κ1) is 14.7. The number of rotatable bonds is 5. The summed E-state index contributed by atoms with van der Waals surface area (Å²) in [5.41, 5.74) is 13.5. The fraction of sp³-hybridized carbons (Fsp3) is 0.286. The van der Waals surface area contributed by atoms with E-state index in [1.54, 1.807) is 16.9 Å². The molecular weight excluding hydrogens is 320 g/mol. The molecule has 0 fully saturated rings. The predicted octanol–water partition coefficient (Wildman–Crippen LogP) is 2.01. The molecule has 4 N–H and O–H groups in total. The maximum atomic E-state index is 11.1. The molecule has 2 rings (SSSR count). The highest BCUT2D eigenvalue weighted by molar-refractivity contribution is 9.10. The van der Waals surface area contributed by atoms with Crippen molar-refractivity contribution in [3.05, 3.63) is 46.2 Å². The van der Waals surface area contributed by atoms with Crippen molar-refractivity contribution in [2.75, 3.05) is 0 Å². The Hall–Kier alpha value is -1.66. The number of carbonyl (C=O) groups excluding carboxylic acids is 1. The van der Waals surface area contributed by atoms with E-state index in [4.69, 9.17) is 11.5 Å². The minimum Gasteiger partial charge on any atom is -0.364 e. The number of benzene rings is 1. The van der Waals surface area contributed by atoms with Crippen LogP contribution in [-0.2, 0) is 6.42 Å². The summed E-state index contributed by atoms with van der Waals surface area (Å²) in [6, 6.07) is 7.64. The molecule has 0 spiro atoms. The molecule has 1 heterocycles. The Morgan fingerprint density at radius 3 is 2.80 bits per heavy atom. The van der Waals surface area contributed by atoms with Gasteiger partial charge in [0.2, 0.25) is 0 Å². The Labute approximate surface area is 126 Å². The minimum atomic E-state index is -0.537. The van der Waals surface area contributed by atoms with E-state index in [1.807, 2.05) is 18.2 Å². The van der Waals surface area contributed by atoms with Crippen molar-refractivity contribution in [2.24, 2.45) is 11.5 Å². The third kappa shape index (κ3) is 3.26. The van der Waals surface area contributed by atoms with Crippen LogP contribution in [0.25, 0.3) is 5.69 Å². The van der Waals surface area contributed by atoms with Crippen LogP contribution in [0.5, 0.6) is 0 Å². The van der Waals surface area contributed by atoms with Gasteiger partial charge in [-0.1, -0.05) is 28.9 Å². The van der Waals surface area contributed by atoms with E-state index >= 15 is 0 Å². The lowest BCUT2D eigenvalue weighted by Gasteiger charge is -2.14. The van der Waals surface area contributed by atoms with Gasteiger partial charge in [0.1, 0.15) is 5.69 Å². The highest BCUT2D eigenvalue weighted by atomic mass is 79.9. The van der Waals surface area contributed by atoms with E-state index in [-0.39, 0.29) is 11.7 Å². The summed E-state index contributed by atoms with van der Waals surface area (Å²) >= 11 is 3.45. The van der Waals surface area contributed by atoms with Gasteiger partial charge in [0.15, 0.2) is 0 Å². The number of primary amides is 1. The lowest BCUT2D eigenvalue weighted by molar-refractivity contribution is 0.0995. The predicted molar refractivity (Wildman–Crippen MR) is 81.8 cm³/mol. The summed E-state index contributed by atoms with van der Waals surface area (Å²) in [6.07, 6.45) is 3.38. The van der Waals surface area contributed by atoms with E-state index in [0.717, 1.165) is 28.6 Å². The van der Waals surface area contributed by atoms with Gasteiger partial charge in [0.05, 0.1) is 5.69 Å². The molecule has 0 radical (unpaired) electrons. The van der Waals surface area contributed by atoms with Crippen LogP contribution >= 0.6 is 15.9 Å². The second-order valence-corrected chi connectivity index (χ2v) is 5.57. The zero-order chi connectivity index (χ0) is 14.7. The molecule has 1 aromatic heterocycles. The molecule has 0 aliphatic heterocycles. The van der Waals surface area contributed by atoms with Crippen LogP contribution in [0.3, 0.4) is 0 Å². The zero-order valence-electron chi connectivity index (χ0n) is 11.2. The summed E-state index contributed by atoms with van der Waals surface area (Å²) < 4.78 is 2.60. The quantitative estimate of drug-likeness (QED) is 0.875. The summed E-state index contributed by atoms with van der Waals surface area (Å²) in [7, 11) is 0. The first-order chi connectivity index (χ1) is 9.51. The second kappa shape index (κ2) is 6.19. The summed E-state index contributed by atoms with van der Waals surface area (Å²) in [6.45, 7) is 2.06. The molecule has 1 atom stereocenters. The summed E-state index contributed by atoms with van der Waals surface area (Å²) in [5.74, 6) is -0.537. The van der Waals surface area contributed by atoms with Crippen LogP contribution in [0.2, 0.25) is 0 Å². The van der Waals surface area contributed by atoms with Gasteiger partial charge in [-0.3, -0.25) is 4.79 Å². The van der Waals surface area contributed by atoms with Crippen LogP contribution in [0.4, 0.5) is 0 Å². The summed E-state index contributed by atoms with van der Waals surface area (Å²) in [4.78, 5) is 11.1. The Balaban J connectivity index is 2.42. The number of carbonyl (C=O) groups is 1. The molecule has 0 saturated carbocycles. The van der Waals surface area contributed by atoms with Crippen molar-refractivity contribution < 1.29 is 4.79 Å². The molecule has 0 bridgehead atoms. The standard InChI is InChI=1S/C14H17BrN4O/c1-2-11(16)7-9-3-4-10(15)8-13(9)19-6-5-12(18-19)14(17)20/h3-6,8,11H,2,7,16H2,1H3,(H2,17,20). The van der Waals surface area contributed by atoms with Gasteiger partial charge >= 0.3 is 0 Å². The number of nitrogens with two attached hydrogens (primary N) is 2. The number of aromatic nitrogens is 2. The first-order valence-corrected chi connectivity index (χ1v) is 7.20. The molecule has 0 aliphatic carbocycles. The fourth-order valence-corrected chi connectivity index (χ4v) is 2.29. The van der Waals surface area contributed by atoms with Crippen molar-refractivity contribution >= 4 is 21.8 Å². The molecular formula is C14H17BrN4O. The first-order valence-electron chi connectivity index (χ1n) is 6.41. The van der Waals surface area contributed by atoms with Crippen LogP contribution < -0.4 is 11.5 Å². The number of amides is 1. The highest BCUT2D eigenvalue weighted by Crippen LogP contribution is 2.21. The molecule has 5 nitrogen and oxygen atoms in total. The van der Waals surface area contributed by atoms with Crippen molar-refractivity contribution in [3.63, 3.8) is 0 Å². The Bertz CT molecular complexity index is 623. The van der Waals surface area contributed by atoms with Crippen molar-refractivity contribution in [3.8, 4) is 5.69 Å². The third-order valence-corrected chi connectivity index (χ3v) is 3.64. The smallest absolute Gasteiger partial charge is 0.269 e. The Kier molecular flexibility index (Phi) is 4.57. The molecule has 1 amide bonds. The van der Waals surface area contributed by atoms with Crippen LogP contribution in [-0.4, -0.2) is 21.7 Å². The van der Waals surface area contributed by atoms with Gasteiger partial charge in [-0.15, -0.1) is 0 Å². The Morgan fingerprint density at radius 2 is 2.20 bits per heavy atom. The molecule has 20 heavy (non-hydrogen) atoms. The topological polar surface area (TPSA) is 86.9 Å². The normalized spacial score (nSPS) is 12.3. The molecule has 6 heteroatoms. The average Bonchev–Trinajstić information content (AvgIpc) is 2.90. The van der Waals surface area contributed by atoms with Gasteiger partial charge in [0, 0.05) is 16.7 Å². The minimum absolute atomic E-state index is 0.0982. The maximum absolute atomic E-state index is 11.1. The van der Waals surface area contributed by atoms with Gasteiger partial charge in [-0.2, -0.15) is 5.10 Å². The van der Waals surface area contributed by atoms with Crippen molar-refractivity contribution in [1.29, 1.82) is 0 Å². The van der Waals surface area contributed by atoms with Gasteiger partial charge in [-0.05, 0) is 36.6 Å². The van der Waals surface area contributed by atoms with Gasteiger partial charge < -0.3 is 11.5 Å².